The summed E-state index contributed by atoms with van der Waals surface area (Å²) in [6, 6.07) is 4.60. The minimum absolute atomic E-state index is 0.299. The van der Waals surface area contributed by atoms with Crippen LogP contribution in [0.4, 0.5) is 10.5 Å². The predicted octanol–water partition coefficient (Wildman–Crippen LogP) is 2.98. The number of benzene rings is 1. The first kappa shape index (κ1) is 11.5. The van der Waals surface area contributed by atoms with Gasteiger partial charge in [-0.1, -0.05) is 42.1 Å². The minimum Gasteiger partial charge on any atom is -0.340 e. The van der Waals surface area contributed by atoms with Gasteiger partial charge in [0.1, 0.15) is 0 Å². The number of carbonyl (C=O) groups excluding carboxylic acids is 1. The lowest BCUT2D eigenvalue weighted by atomic mass is 10.3. The molecule has 0 aromatic heterocycles. The summed E-state index contributed by atoms with van der Waals surface area (Å²) in [6.07, 6.45) is 0. The van der Waals surface area contributed by atoms with Crippen molar-refractivity contribution in [1.29, 1.82) is 0 Å². The summed E-state index contributed by atoms with van der Waals surface area (Å²) in [7, 11) is 1.50. The lowest BCUT2D eigenvalue weighted by molar-refractivity contribution is 0.252. The van der Waals surface area contributed by atoms with E-state index in [4.69, 9.17) is 23.2 Å². The van der Waals surface area contributed by atoms with Crippen molar-refractivity contribution in [2.45, 2.75) is 0 Å². The van der Waals surface area contributed by atoms with Gasteiger partial charge < -0.3 is 5.32 Å². The Morgan fingerprint density at radius 3 is 2.71 bits per heavy atom. The normalized spacial score (nSPS) is 9.71. The van der Waals surface area contributed by atoms with Gasteiger partial charge in [0.15, 0.2) is 0 Å². The molecule has 0 aliphatic heterocycles. The summed E-state index contributed by atoms with van der Waals surface area (Å²) in [5.74, 6) is 0. The summed E-state index contributed by atoms with van der Waals surface area (Å²) >= 11 is 15.7. The van der Waals surface area contributed by atoms with E-state index in [0.29, 0.717) is 15.7 Å². The van der Waals surface area contributed by atoms with Crippen LogP contribution in [0.25, 0.3) is 0 Å². The van der Waals surface area contributed by atoms with Crippen molar-refractivity contribution in [3.05, 3.63) is 28.2 Å². The maximum Gasteiger partial charge on any atom is 0.331 e. The number of carbonyl (C=O) groups is 1. The topological polar surface area (TPSA) is 32.3 Å². The second-order valence-corrected chi connectivity index (χ2v) is 3.63. The molecule has 76 valence electrons. The number of hydrogen-bond acceptors (Lipinski definition) is 2. The van der Waals surface area contributed by atoms with Gasteiger partial charge in [0.2, 0.25) is 0 Å². The smallest absolute Gasteiger partial charge is 0.331 e. The summed E-state index contributed by atoms with van der Waals surface area (Å²) < 4.78 is 1.09. The SMILES string of the molecule is CNC(=O)N(S)c1cccc(Cl)c1Cl. The van der Waals surface area contributed by atoms with E-state index >= 15 is 0 Å². The minimum atomic E-state index is -0.377. The number of urea groups is 1. The molecule has 3 nitrogen and oxygen atoms in total. The van der Waals surface area contributed by atoms with Crippen molar-refractivity contribution < 1.29 is 4.79 Å². The molecule has 0 fully saturated rings. The lowest BCUT2D eigenvalue weighted by Gasteiger charge is -2.16. The van der Waals surface area contributed by atoms with Crippen molar-refractivity contribution >= 4 is 47.7 Å². The van der Waals surface area contributed by atoms with Crippen LogP contribution in [-0.2, 0) is 0 Å². The number of hydrogen-bond donors (Lipinski definition) is 2. The van der Waals surface area contributed by atoms with Crippen molar-refractivity contribution in [1.82, 2.24) is 5.32 Å². The van der Waals surface area contributed by atoms with Gasteiger partial charge >= 0.3 is 6.03 Å². The van der Waals surface area contributed by atoms with Crippen LogP contribution in [0.1, 0.15) is 0 Å². The number of rotatable bonds is 1. The first-order valence-electron chi connectivity index (χ1n) is 3.72. The number of thiol groups is 1. The van der Waals surface area contributed by atoms with E-state index in [2.05, 4.69) is 18.1 Å². The van der Waals surface area contributed by atoms with Crippen LogP contribution in [0, 0.1) is 0 Å². The fourth-order valence-corrected chi connectivity index (χ4v) is 1.58. The zero-order valence-corrected chi connectivity index (χ0v) is 9.70. The fourth-order valence-electron chi connectivity index (χ4n) is 0.871. The molecule has 0 radical (unpaired) electrons. The Bertz CT molecular complexity index is 359. The highest BCUT2D eigenvalue weighted by Crippen LogP contribution is 2.33. The van der Waals surface area contributed by atoms with Crippen LogP contribution >= 0.6 is 36.0 Å². The molecule has 1 N–H and O–H groups in total. The van der Waals surface area contributed by atoms with Crippen molar-refractivity contribution in [3.63, 3.8) is 0 Å². The van der Waals surface area contributed by atoms with Crippen LogP contribution in [0.15, 0.2) is 18.2 Å². The number of halogens is 2. The molecule has 0 spiro atoms. The second kappa shape index (κ2) is 4.77. The number of nitrogens with one attached hydrogen (secondary N) is 1. The van der Waals surface area contributed by atoms with Gasteiger partial charge in [-0.2, -0.15) is 0 Å². The summed E-state index contributed by atoms with van der Waals surface area (Å²) in [5, 5.41) is 3.10. The van der Waals surface area contributed by atoms with E-state index in [1.54, 1.807) is 18.2 Å². The third-order valence-electron chi connectivity index (χ3n) is 1.57. The third kappa shape index (κ3) is 2.26. The van der Waals surface area contributed by atoms with E-state index in [-0.39, 0.29) is 6.03 Å². The van der Waals surface area contributed by atoms with Crippen LogP contribution in [-0.4, -0.2) is 13.1 Å². The van der Waals surface area contributed by atoms with Crippen LogP contribution in [0.5, 0.6) is 0 Å². The van der Waals surface area contributed by atoms with Gasteiger partial charge in [-0.05, 0) is 12.1 Å². The quantitative estimate of drug-likeness (QED) is 0.739. The van der Waals surface area contributed by atoms with Crippen LogP contribution in [0.3, 0.4) is 0 Å². The second-order valence-electron chi connectivity index (χ2n) is 2.44. The first-order valence-corrected chi connectivity index (χ1v) is 4.88. The third-order valence-corrected chi connectivity index (χ3v) is 2.77. The van der Waals surface area contributed by atoms with Gasteiger partial charge in [-0.25, -0.2) is 9.10 Å². The molecule has 0 atom stereocenters. The van der Waals surface area contributed by atoms with Crippen LogP contribution in [0.2, 0.25) is 10.0 Å². The van der Waals surface area contributed by atoms with E-state index in [1.807, 2.05) is 0 Å². The molecule has 0 bridgehead atoms. The first-order chi connectivity index (χ1) is 6.57. The average Bonchev–Trinajstić information content (AvgIpc) is 2.20. The van der Waals surface area contributed by atoms with E-state index in [1.165, 1.54) is 7.05 Å². The average molecular weight is 251 g/mol. The molecule has 0 heterocycles. The highest BCUT2D eigenvalue weighted by Gasteiger charge is 2.14. The van der Waals surface area contributed by atoms with Crippen LogP contribution < -0.4 is 9.62 Å². The molecule has 14 heavy (non-hydrogen) atoms. The molecule has 0 saturated heterocycles. The molecule has 1 rings (SSSR count). The van der Waals surface area contributed by atoms with E-state index in [0.717, 1.165) is 4.31 Å². The number of amides is 2. The highest BCUT2D eigenvalue weighted by molar-refractivity contribution is 7.82. The Hall–Kier alpha value is -0.580. The molecular formula is C8H8Cl2N2OS. The Labute approximate surface area is 97.5 Å². The Balaban J connectivity index is 3.07. The van der Waals surface area contributed by atoms with Crippen molar-refractivity contribution in [2.75, 3.05) is 11.4 Å². The van der Waals surface area contributed by atoms with Gasteiger partial charge in [0.05, 0.1) is 15.7 Å². The molecule has 0 aliphatic rings. The maximum atomic E-state index is 11.2. The molecular weight excluding hydrogens is 243 g/mol. The largest absolute Gasteiger partial charge is 0.340 e. The maximum absolute atomic E-state index is 11.2. The van der Waals surface area contributed by atoms with Gasteiger partial charge in [-0.15, -0.1) is 0 Å². The standard InChI is InChI=1S/C8H8Cl2N2OS/c1-11-8(13)12(14)6-4-2-3-5(9)7(6)10/h2-4,14H,1H3,(H,11,13). The van der Waals surface area contributed by atoms with Crippen molar-refractivity contribution in [2.24, 2.45) is 0 Å². The number of nitrogens with zero attached hydrogens (tertiary/aromatic N) is 1. The van der Waals surface area contributed by atoms with E-state index < -0.39 is 0 Å². The molecule has 0 saturated carbocycles. The molecule has 0 unspecified atom stereocenters. The Morgan fingerprint density at radius 2 is 2.14 bits per heavy atom. The summed E-state index contributed by atoms with van der Waals surface area (Å²) in [4.78, 5) is 11.2. The van der Waals surface area contributed by atoms with Gasteiger partial charge in [0.25, 0.3) is 0 Å². The Kier molecular flexibility index (Phi) is 3.92. The predicted molar refractivity (Wildman–Crippen MR) is 62.4 cm³/mol. The highest BCUT2D eigenvalue weighted by atomic mass is 35.5. The van der Waals surface area contributed by atoms with Gasteiger partial charge in [-0.3, -0.25) is 0 Å². The molecule has 0 aliphatic carbocycles. The van der Waals surface area contributed by atoms with E-state index in [9.17, 15) is 4.79 Å². The number of anilines is 1. The molecule has 1 aromatic rings. The molecule has 2 amide bonds. The lowest BCUT2D eigenvalue weighted by Crippen LogP contribution is -2.31. The molecule has 1 aromatic carbocycles. The van der Waals surface area contributed by atoms with Crippen molar-refractivity contribution in [3.8, 4) is 0 Å². The summed E-state index contributed by atoms with van der Waals surface area (Å²) in [6.45, 7) is 0. The molecule has 6 heteroatoms. The zero-order valence-electron chi connectivity index (χ0n) is 7.29. The summed E-state index contributed by atoms with van der Waals surface area (Å²) in [5.41, 5.74) is 0.446. The van der Waals surface area contributed by atoms with Gasteiger partial charge in [0, 0.05) is 7.05 Å². The Morgan fingerprint density at radius 1 is 1.50 bits per heavy atom. The monoisotopic (exact) mass is 250 g/mol. The fraction of sp³-hybridized carbons (Fsp3) is 0.125. The zero-order chi connectivity index (χ0) is 10.7.